The third-order valence-electron chi connectivity index (χ3n) is 3.30. The van der Waals surface area contributed by atoms with Crippen molar-refractivity contribution in [1.82, 2.24) is 5.32 Å². The molecule has 0 amide bonds. The van der Waals surface area contributed by atoms with Crippen LogP contribution in [0.1, 0.15) is 18.0 Å². The van der Waals surface area contributed by atoms with Crippen LogP contribution in [0.2, 0.25) is 0 Å². The van der Waals surface area contributed by atoms with Crippen LogP contribution in [-0.4, -0.2) is 30.1 Å². The molecule has 5 heteroatoms. The Morgan fingerprint density at radius 3 is 2.72 bits per heavy atom. The highest BCUT2D eigenvalue weighted by Gasteiger charge is 2.31. The van der Waals surface area contributed by atoms with Gasteiger partial charge in [-0.1, -0.05) is 6.07 Å². The summed E-state index contributed by atoms with van der Waals surface area (Å²) in [5.41, 5.74) is 1.23. The van der Waals surface area contributed by atoms with Crippen molar-refractivity contribution in [3.8, 4) is 0 Å². The molecule has 3 nitrogen and oxygen atoms in total. The van der Waals surface area contributed by atoms with Gasteiger partial charge in [0.2, 0.25) is 0 Å². The molecule has 0 saturated carbocycles. The first-order chi connectivity index (χ1) is 8.65. The van der Waals surface area contributed by atoms with Crippen molar-refractivity contribution in [2.24, 2.45) is 5.92 Å². The number of hydrogen-bond acceptors (Lipinski definition) is 4. The van der Waals surface area contributed by atoms with E-state index >= 15 is 0 Å². The van der Waals surface area contributed by atoms with E-state index in [4.69, 9.17) is 5.11 Å². The maximum atomic E-state index is 11.0. The molecule has 1 saturated heterocycles. The molecule has 0 aromatic heterocycles. The summed E-state index contributed by atoms with van der Waals surface area (Å²) in [6.07, 6.45) is 4.81. The van der Waals surface area contributed by atoms with Crippen LogP contribution in [0.3, 0.4) is 0 Å². The minimum Gasteiger partial charge on any atom is -0.481 e. The summed E-state index contributed by atoms with van der Waals surface area (Å²) in [6, 6.07) is 6.58. The van der Waals surface area contributed by atoms with E-state index in [-0.39, 0.29) is 12.0 Å². The number of rotatable bonds is 4. The molecule has 2 atom stereocenters. The van der Waals surface area contributed by atoms with E-state index in [1.54, 1.807) is 23.5 Å². The van der Waals surface area contributed by atoms with Crippen LogP contribution in [0.5, 0.6) is 0 Å². The maximum Gasteiger partial charge on any atom is 0.307 e. The summed E-state index contributed by atoms with van der Waals surface area (Å²) in [6.45, 7) is 0.568. The number of carboxylic acid groups (broad SMARTS) is 1. The third kappa shape index (κ3) is 2.84. The van der Waals surface area contributed by atoms with Gasteiger partial charge in [0.15, 0.2) is 0 Å². The third-order valence-corrected chi connectivity index (χ3v) is 4.81. The van der Waals surface area contributed by atoms with Crippen LogP contribution in [-0.2, 0) is 4.79 Å². The van der Waals surface area contributed by atoms with Gasteiger partial charge in [-0.3, -0.25) is 4.79 Å². The summed E-state index contributed by atoms with van der Waals surface area (Å²) in [5.74, 6) is -0.957. The first-order valence-electron chi connectivity index (χ1n) is 5.83. The molecule has 98 valence electrons. The van der Waals surface area contributed by atoms with Crippen molar-refractivity contribution in [2.75, 3.05) is 19.1 Å². The zero-order valence-electron chi connectivity index (χ0n) is 10.5. The summed E-state index contributed by atoms with van der Waals surface area (Å²) >= 11 is 3.45. The fraction of sp³-hybridized carbons (Fsp3) is 0.462. The monoisotopic (exact) mass is 283 g/mol. The number of carboxylic acids is 1. The van der Waals surface area contributed by atoms with E-state index in [2.05, 4.69) is 36.0 Å². The van der Waals surface area contributed by atoms with Crippen LogP contribution >= 0.6 is 23.5 Å². The Bertz CT molecular complexity index is 451. The minimum atomic E-state index is -0.698. The number of carbonyl (C=O) groups is 1. The zero-order chi connectivity index (χ0) is 13.1. The highest BCUT2D eigenvalue weighted by atomic mass is 32.2. The van der Waals surface area contributed by atoms with Gasteiger partial charge in [0.05, 0.1) is 5.92 Å². The van der Waals surface area contributed by atoms with E-state index in [1.807, 2.05) is 0 Å². The normalized spacial score (nSPS) is 23.2. The van der Waals surface area contributed by atoms with Gasteiger partial charge >= 0.3 is 5.97 Å². The van der Waals surface area contributed by atoms with E-state index in [9.17, 15) is 4.79 Å². The molecule has 1 aromatic rings. The summed E-state index contributed by atoms with van der Waals surface area (Å²) < 4.78 is 0. The van der Waals surface area contributed by atoms with Crippen molar-refractivity contribution in [2.45, 2.75) is 22.3 Å². The van der Waals surface area contributed by atoms with Crippen molar-refractivity contribution >= 4 is 29.5 Å². The van der Waals surface area contributed by atoms with Crippen LogP contribution in [0, 0.1) is 5.92 Å². The molecule has 0 bridgehead atoms. The Morgan fingerprint density at radius 1 is 1.39 bits per heavy atom. The summed E-state index contributed by atoms with van der Waals surface area (Å²) in [7, 11) is 0. The fourth-order valence-electron chi connectivity index (χ4n) is 2.27. The Morgan fingerprint density at radius 2 is 2.17 bits per heavy atom. The summed E-state index contributed by atoms with van der Waals surface area (Å²) in [5, 5.41) is 12.4. The standard InChI is InChI=1S/C13H17NO2S2/c1-17-9-3-4-10(12(6-9)18-2)11-5-8(7-14-11)13(15)16/h3-4,6,8,11,14H,5,7H2,1-2H3,(H,15,16). The number of hydrogen-bond donors (Lipinski definition) is 2. The van der Waals surface area contributed by atoms with Crippen molar-refractivity contribution < 1.29 is 9.90 Å². The summed E-state index contributed by atoms with van der Waals surface area (Å²) in [4.78, 5) is 13.5. The van der Waals surface area contributed by atoms with Gasteiger partial charge in [-0.2, -0.15) is 0 Å². The molecule has 1 heterocycles. The molecule has 1 aromatic carbocycles. The molecule has 2 unspecified atom stereocenters. The lowest BCUT2D eigenvalue weighted by Crippen LogP contribution is -2.17. The molecule has 1 aliphatic rings. The van der Waals surface area contributed by atoms with Gasteiger partial charge in [-0.15, -0.1) is 23.5 Å². The molecule has 0 radical (unpaired) electrons. The molecule has 18 heavy (non-hydrogen) atoms. The molecular formula is C13H17NO2S2. The van der Waals surface area contributed by atoms with E-state index < -0.39 is 5.97 Å². The molecule has 1 fully saturated rings. The van der Waals surface area contributed by atoms with Gasteiger partial charge in [-0.25, -0.2) is 0 Å². The number of benzene rings is 1. The minimum absolute atomic E-state index is 0.171. The van der Waals surface area contributed by atoms with Crippen molar-refractivity contribution in [1.29, 1.82) is 0 Å². The lowest BCUT2D eigenvalue weighted by atomic mass is 10.0. The van der Waals surface area contributed by atoms with Crippen LogP contribution < -0.4 is 5.32 Å². The molecule has 0 aliphatic carbocycles. The molecule has 1 aliphatic heterocycles. The van der Waals surface area contributed by atoms with Gasteiger partial charge in [0.1, 0.15) is 0 Å². The van der Waals surface area contributed by atoms with Gasteiger partial charge in [0.25, 0.3) is 0 Å². The van der Waals surface area contributed by atoms with Gasteiger partial charge in [0, 0.05) is 22.4 Å². The maximum absolute atomic E-state index is 11.0. The van der Waals surface area contributed by atoms with E-state index in [0.29, 0.717) is 13.0 Å². The lowest BCUT2D eigenvalue weighted by Gasteiger charge is -2.15. The Kier molecular flexibility index (Phi) is 4.59. The first-order valence-corrected chi connectivity index (χ1v) is 8.28. The van der Waals surface area contributed by atoms with Gasteiger partial charge in [-0.05, 0) is 36.6 Å². The number of thioether (sulfide) groups is 2. The average Bonchev–Trinajstić information content (AvgIpc) is 2.87. The smallest absolute Gasteiger partial charge is 0.307 e. The quantitative estimate of drug-likeness (QED) is 0.832. The average molecular weight is 283 g/mol. The molecule has 2 N–H and O–H groups in total. The Labute approximate surface area is 116 Å². The molecule has 0 spiro atoms. The number of aliphatic carboxylic acids is 1. The second kappa shape index (κ2) is 5.99. The molecular weight excluding hydrogens is 266 g/mol. The lowest BCUT2D eigenvalue weighted by molar-refractivity contribution is -0.141. The number of nitrogens with one attached hydrogen (secondary N) is 1. The second-order valence-electron chi connectivity index (χ2n) is 4.34. The first kappa shape index (κ1) is 13.8. The Hall–Kier alpha value is -0.650. The Balaban J connectivity index is 2.21. The predicted molar refractivity (Wildman–Crippen MR) is 76.5 cm³/mol. The van der Waals surface area contributed by atoms with E-state index in [1.165, 1.54) is 15.4 Å². The predicted octanol–water partition coefficient (Wildman–Crippen LogP) is 2.87. The highest BCUT2D eigenvalue weighted by molar-refractivity contribution is 7.99. The van der Waals surface area contributed by atoms with Gasteiger partial charge < -0.3 is 10.4 Å². The van der Waals surface area contributed by atoms with Crippen LogP contribution in [0.25, 0.3) is 0 Å². The second-order valence-corrected chi connectivity index (χ2v) is 6.07. The highest BCUT2D eigenvalue weighted by Crippen LogP contribution is 2.35. The SMILES string of the molecule is CSc1ccc(C2CC(C(=O)O)CN2)c(SC)c1. The topological polar surface area (TPSA) is 49.3 Å². The zero-order valence-corrected chi connectivity index (χ0v) is 12.1. The molecule has 2 rings (SSSR count). The van der Waals surface area contributed by atoms with Crippen molar-refractivity contribution in [3.63, 3.8) is 0 Å². The van der Waals surface area contributed by atoms with E-state index in [0.717, 1.165) is 0 Å². The van der Waals surface area contributed by atoms with Crippen molar-refractivity contribution in [3.05, 3.63) is 23.8 Å². The fourth-order valence-corrected chi connectivity index (χ4v) is 3.47. The van der Waals surface area contributed by atoms with Crippen LogP contribution in [0.15, 0.2) is 28.0 Å². The largest absolute Gasteiger partial charge is 0.481 e. The van der Waals surface area contributed by atoms with Crippen LogP contribution in [0.4, 0.5) is 0 Å².